The lowest BCUT2D eigenvalue weighted by atomic mass is 10.2. The Kier molecular flexibility index (Phi) is 4.69. The number of hydrogen-bond acceptors (Lipinski definition) is 5. The first-order chi connectivity index (χ1) is 16.7. The summed E-state index contributed by atoms with van der Waals surface area (Å²) in [6, 6.07) is 17.9. The van der Waals surface area contributed by atoms with Crippen molar-refractivity contribution in [2.24, 2.45) is 0 Å². The molecule has 4 aromatic heterocycles. The molecule has 6 rings (SSSR count). The number of aromatic nitrogens is 6. The van der Waals surface area contributed by atoms with Gasteiger partial charge in [-0.3, -0.25) is 9.78 Å². The summed E-state index contributed by atoms with van der Waals surface area (Å²) in [5, 5.41) is 4.46. The number of rotatable bonds is 5. The maximum absolute atomic E-state index is 12.9. The van der Waals surface area contributed by atoms with Crippen LogP contribution < -0.4 is 10.9 Å². The van der Waals surface area contributed by atoms with E-state index in [-0.39, 0.29) is 5.56 Å². The van der Waals surface area contributed by atoms with Gasteiger partial charge in [-0.1, -0.05) is 24.3 Å². The maximum Gasteiger partial charge on any atom is 0.261 e. The average molecular weight is 448 g/mol. The van der Waals surface area contributed by atoms with Crippen molar-refractivity contribution in [1.82, 2.24) is 29.5 Å². The Morgan fingerprint density at radius 3 is 2.85 bits per heavy atom. The van der Waals surface area contributed by atoms with Crippen LogP contribution in [0.3, 0.4) is 0 Å². The third-order valence-corrected chi connectivity index (χ3v) is 5.88. The summed E-state index contributed by atoms with van der Waals surface area (Å²) in [4.78, 5) is 32.6. The Labute approximate surface area is 194 Å². The highest BCUT2D eigenvalue weighted by Crippen LogP contribution is 2.27. The molecule has 166 valence electrons. The smallest absolute Gasteiger partial charge is 0.261 e. The summed E-state index contributed by atoms with van der Waals surface area (Å²) in [6.07, 6.45) is 7.02. The summed E-state index contributed by atoms with van der Waals surface area (Å²) >= 11 is 0. The van der Waals surface area contributed by atoms with Gasteiger partial charge in [0.2, 0.25) is 0 Å². The lowest BCUT2D eigenvalue weighted by molar-refractivity contribution is 1.06. The van der Waals surface area contributed by atoms with Crippen LogP contribution in [0.5, 0.6) is 0 Å². The second-order valence-electron chi connectivity index (χ2n) is 8.16. The Morgan fingerprint density at radius 2 is 1.97 bits per heavy atom. The number of aromatic amines is 2. The van der Waals surface area contributed by atoms with E-state index in [1.165, 1.54) is 0 Å². The van der Waals surface area contributed by atoms with E-state index in [2.05, 4.69) is 32.4 Å². The topological polar surface area (TPSA) is 104 Å². The van der Waals surface area contributed by atoms with Gasteiger partial charge >= 0.3 is 0 Å². The first kappa shape index (κ1) is 19.9. The molecule has 0 bridgehead atoms. The molecule has 0 saturated heterocycles. The van der Waals surface area contributed by atoms with Crippen molar-refractivity contribution in [1.29, 1.82) is 0 Å². The third kappa shape index (κ3) is 3.51. The minimum Gasteiger partial charge on any atom is -0.379 e. The number of nitrogens with zero attached hydrogens (tertiary/aromatic N) is 4. The van der Waals surface area contributed by atoms with E-state index >= 15 is 0 Å². The normalized spacial score (nSPS) is 11.3. The molecule has 3 N–H and O–H groups in total. The highest BCUT2D eigenvalue weighted by atomic mass is 16.1. The molecule has 0 aliphatic carbocycles. The van der Waals surface area contributed by atoms with Crippen LogP contribution in [-0.2, 0) is 6.54 Å². The molecule has 0 aliphatic rings. The molecule has 6 aromatic rings. The van der Waals surface area contributed by atoms with Gasteiger partial charge < -0.3 is 19.9 Å². The lowest BCUT2D eigenvalue weighted by Gasteiger charge is -2.10. The summed E-state index contributed by atoms with van der Waals surface area (Å²) in [5.74, 6) is 0.511. The summed E-state index contributed by atoms with van der Waals surface area (Å²) < 4.78 is 1.94. The van der Waals surface area contributed by atoms with Gasteiger partial charge in [-0.05, 0) is 42.8 Å². The zero-order valence-electron chi connectivity index (χ0n) is 18.4. The monoisotopic (exact) mass is 447 g/mol. The number of para-hydroxylation sites is 1. The quantitative estimate of drug-likeness (QED) is 0.359. The second-order valence-corrected chi connectivity index (χ2v) is 8.16. The molecule has 34 heavy (non-hydrogen) atoms. The van der Waals surface area contributed by atoms with Crippen LogP contribution in [-0.4, -0.2) is 29.5 Å². The van der Waals surface area contributed by atoms with E-state index in [0.29, 0.717) is 23.6 Å². The number of anilines is 1. The van der Waals surface area contributed by atoms with Gasteiger partial charge in [0, 0.05) is 29.7 Å². The molecule has 4 heterocycles. The van der Waals surface area contributed by atoms with E-state index < -0.39 is 0 Å². The largest absolute Gasteiger partial charge is 0.379 e. The second kappa shape index (κ2) is 8.00. The van der Waals surface area contributed by atoms with E-state index in [1.807, 2.05) is 60.2 Å². The SMILES string of the molecule is Cc1cc(-n2ccnc2)cc2[nH]c(-c3c(NCc4ccc5ccccc5n4)cc[nH]c3=O)nc12. The average Bonchev–Trinajstić information content (AvgIpc) is 3.53. The lowest BCUT2D eigenvalue weighted by Crippen LogP contribution is -2.13. The molecule has 0 amide bonds. The van der Waals surface area contributed by atoms with Crippen LogP contribution in [0.25, 0.3) is 39.0 Å². The van der Waals surface area contributed by atoms with Crippen molar-refractivity contribution < 1.29 is 0 Å². The number of benzene rings is 2. The van der Waals surface area contributed by atoms with Crippen molar-refractivity contribution in [3.8, 4) is 17.1 Å². The molecule has 8 nitrogen and oxygen atoms in total. The highest BCUT2D eigenvalue weighted by Gasteiger charge is 2.16. The number of aryl methyl sites for hydroxylation is 1. The standard InChI is InChI=1S/C26H21N7O/c1-16-12-19(33-11-10-27-15-33)13-22-24(16)32-25(31-22)23-21(8-9-28-26(23)34)29-14-18-7-6-17-4-2-3-5-20(17)30-18/h2-13,15H,14H2,1H3,(H,31,32)(H2,28,29,34). The molecular formula is C26H21N7O. The third-order valence-electron chi connectivity index (χ3n) is 5.88. The van der Waals surface area contributed by atoms with Crippen molar-refractivity contribution in [2.45, 2.75) is 13.5 Å². The summed E-state index contributed by atoms with van der Waals surface area (Å²) in [5.41, 5.74) is 6.40. The van der Waals surface area contributed by atoms with Crippen LogP contribution in [0.4, 0.5) is 5.69 Å². The van der Waals surface area contributed by atoms with Crippen molar-refractivity contribution in [3.05, 3.63) is 101 Å². The van der Waals surface area contributed by atoms with E-state index in [1.54, 1.807) is 18.7 Å². The Hall–Kier alpha value is -4.72. The van der Waals surface area contributed by atoms with Crippen molar-refractivity contribution >= 4 is 27.6 Å². The van der Waals surface area contributed by atoms with Crippen LogP contribution in [0, 0.1) is 6.92 Å². The predicted octanol–water partition coefficient (Wildman–Crippen LogP) is 4.57. The minimum absolute atomic E-state index is 0.219. The van der Waals surface area contributed by atoms with E-state index in [9.17, 15) is 4.79 Å². The molecule has 0 aliphatic heterocycles. The number of nitrogens with one attached hydrogen (secondary N) is 3. The van der Waals surface area contributed by atoms with Crippen LogP contribution >= 0.6 is 0 Å². The van der Waals surface area contributed by atoms with Gasteiger partial charge in [0.15, 0.2) is 0 Å². The van der Waals surface area contributed by atoms with Gasteiger partial charge in [0.05, 0.1) is 40.8 Å². The highest BCUT2D eigenvalue weighted by molar-refractivity contribution is 5.86. The zero-order valence-corrected chi connectivity index (χ0v) is 18.4. The van der Waals surface area contributed by atoms with E-state index in [4.69, 9.17) is 9.97 Å². The fourth-order valence-corrected chi connectivity index (χ4v) is 4.20. The van der Waals surface area contributed by atoms with Crippen LogP contribution in [0.2, 0.25) is 0 Å². The number of pyridine rings is 2. The summed E-state index contributed by atoms with van der Waals surface area (Å²) in [7, 11) is 0. The molecule has 0 spiro atoms. The number of fused-ring (bicyclic) bond motifs is 2. The molecule has 2 aromatic carbocycles. The number of hydrogen-bond donors (Lipinski definition) is 3. The Balaban J connectivity index is 1.37. The van der Waals surface area contributed by atoms with Crippen LogP contribution in [0.15, 0.2) is 84.3 Å². The van der Waals surface area contributed by atoms with Gasteiger partial charge in [0.25, 0.3) is 5.56 Å². The number of H-pyrrole nitrogens is 2. The molecule has 0 radical (unpaired) electrons. The van der Waals surface area contributed by atoms with Crippen molar-refractivity contribution in [3.63, 3.8) is 0 Å². The predicted molar refractivity (Wildman–Crippen MR) is 133 cm³/mol. The Morgan fingerprint density at radius 1 is 1.06 bits per heavy atom. The maximum atomic E-state index is 12.9. The summed E-state index contributed by atoms with van der Waals surface area (Å²) in [6.45, 7) is 2.48. The molecule has 0 fully saturated rings. The Bertz CT molecular complexity index is 1700. The molecule has 0 unspecified atom stereocenters. The van der Waals surface area contributed by atoms with Gasteiger partial charge in [-0.25, -0.2) is 9.97 Å². The number of imidazole rings is 2. The molecular weight excluding hydrogens is 426 g/mol. The van der Waals surface area contributed by atoms with Gasteiger partial charge in [-0.2, -0.15) is 0 Å². The van der Waals surface area contributed by atoms with Crippen LogP contribution in [0.1, 0.15) is 11.3 Å². The van der Waals surface area contributed by atoms with Gasteiger partial charge in [0.1, 0.15) is 11.4 Å². The fourth-order valence-electron chi connectivity index (χ4n) is 4.20. The first-order valence-electron chi connectivity index (χ1n) is 10.9. The first-order valence-corrected chi connectivity index (χ1v) is 10.9. The zero-order chi connectivity index (χ0) is 23.1. The molecule has 0 saturated carbocycles. The van der Waals surface area contributed by atoms with Crippen molar-refractivity contribution in [2.75, 3.05) is 5.32 Å². The van der Waals surface area contributed by atoms with Gasteiger partial charge in [-0.15, -0.1) is 0 Å². The molecule has 0 atom stereocenters. The van der Waals surface area contributed by atoms with E-state index in [0.717, 1.165) is 38.9 Å². The molecule has 8 heteroatoms. The minimum atomic E-state index is -0.219. The fraction of sp³-hybridized carbons (Fsp3) is 0.0769.